The molecule has 0 amide bonds. The maximum Gasteiger partial charge on any atom is 0.123 e. The summed E-state index contributed by atoms with van der Waals surface area (Å²) in [7, 11) is 0. The van der Waals surface area contributed by atoms with Gasteiger partial charge in [0.2, 0.25) is 0 Å². The molecule has 13 heterocycles. The van der Waals surface area contributed by atoms with Crippen LogP contribution in [-0.2, 0) is 25.7 Å². The third-order valence-corrected chi connectivity index (χ3v) is 18.8. The number of pyridine rings is 6. The first-order chi connectivity index (χ1) is 46.8. The number of nitrogens with zero attached hydrogens (tertiary/aromatic N) is 13. The molecule has 15 heteroatoms. The fraction of sp³-hybridized carbons (Fsp3) is 0.341. The maximum absolute atomic E-state index is 4.34. The number of hydrogen-bond acceptors (Lipinski definition) is 14. The number of benzene rings is 1. The van der Waals surface area contributed by atoms with Gasteiger partial charge in [-0.15, -0.1) is 22.7 Å². The predicted molar refractivity (Wildman–Crippen MR) is 411 cm³/mol. The molecule has 97 heavy (non-hydrogen) atoms. The number of rotatable bonds is 8. The van der Waals surface area contributed by atoms with Crippen molar-refractivity contribution in [3.05, 3.63) is 243 Å². The van der Waals surface area contributed by atoms with Crippen molar-refractivity contribution < 1.29 is 0 Å². The van der Waals surface area contributed by atoms with E-state index in [2.05, 4.69) is 273 Å². The fourth-order valence-electron chi connectivity index (χ4n) is 11.9. The van der Waals surface area contributed by atoms with Crippen molar-refractivity contribution in [1.29, 1.82) is 0 Å². The van der Waals surface area contributed by atoms with Gasteiger partial charge in [0.15, 0.2) is 0 Å². The standard InChI is InChI=1S/C12H13N.C11H13N.3C10H12N2.2C10H11NS.C9H11N3/c1-9(2)10-7-8-13-12-6-4-3-5-11(10)12;1-8(2)9-6-7-12-11-5-3-4-10(9)11;1-7(2)8-3-5-11-9-4-6-12-10(8)9;1-7(2)10-8-4-3-5-9(8)11-6-12-10;1-8(2)9-7-11-12-6-4-3-5-10(9)12;1-7(2)8-3-5-11-9-4-6-12-10(8)9;1-7(2)8-3-5-11-10-9(8)4-6-12-10;1-6(2)8-9-7(3-4-10-9)11-5-12-8/h3-9H,1-2H3;3-4,6-8H,5H2,1-2H3;3,5-7H,4H2,1-2H3;3-4,6-7H,5H2,1-2H3;3-8H,1-2H3;2*3-7H,1-2H3;4-6H,3H2,1-2H3. The summed E-state index contributed by atoms with van der Waals surface area (Å²) in [6.07, 6.45) is 32.9. The van der Waals surface area contributed by atoms with Crippen LogP contribution in [0.3, 0.4) is 0 Å². The van der Waals surface area contributed by atoms with Crippen molar-refractivity contribution in [2.24, 2.45) is 9.98 Å². The summed E-state index contributed by atoms with van der Waals surface area (Å²) >= 11 is 3.49. The van der Waals surface area contributed by atoms with Crippen molar-refractivity contribution >= 4 is 95.5 Å². The van der Waals surface area contributed by atoms with E-state index >= 15 is 0 Å². The topological polar surface area (TPSA) is 158 Å². The SMILES string of the molecule is CC(C)c1ccnc2c1C=CC2.CC(C)c1ccnc2c1N=CC2.CC(C)c1ccnc2ccccc12.CC(C)c1ccnc2ccsc12.CC(C)c1ccnc2sccc12.CC(C)c1cnn2ccccc12.CC(C)c1ncnc2c1C=CC2.CC(C)c1ncnc2c1N=CC2. The second-order valence-electron chi connectivity index (χ2n) is 26.7. The van der Waals surface area contributed by atoms with Crippen molar-refractivity contribution in [1.82, 2.24) is 54.5 Å². The van der Waals surface area contributed by atoms with Crippen LogP contribution in [-0.4, -0.2) is 66.9 Å². The summed E-state index contributed by atoms with van der Waals surface area (Å²) in [5.74, 6) is 4.35. The Morgan fingerprint density at radius 3 is 1.56 bits per heavy atom. The van der Waals surface area contributed by atoms with Gasteiger partial charge in [-0.3, -0.25) is 29.9 Å². The molecule has 0 spiro atoms. The number of para-hydroxylation sites is 1. The van der Waals surface area contributed by atoms with Crippen molar-refractivity contribution in [3.8, 4) is 0 Å². The van der Waals surface area contributed by atoms with Gasteiger partial charge in [-0.2, -0.15) is 5.10 Å². The van der Waals surface area contributed by atoms with E-state index in [1.54, 1.807) is 35.3 Å². The van der Waals surface area contributed by atoms with E-state index < -0.39 is 0 Å². The minimum absolute atomic E-state index is 0.428. The summed E-state index contributed by atoms with van der Waals surface area (Å²) in [5, 5.41) is 11.1. The molecule has 2 aliphatic carbocycles. The Bertz CT molecular complexity index is 4290. The number of fused-ring (bicyclic) bond motifs is 8. The molecule has 0 bridgehead atoms. The predicted octanol–water partition coefficient (Wildman–Crippen LogP) is 21.9. The molecule has 1 aromatic carbocycles. The highest BCUT2D eigenvalue weighted by atomic mass is 32.1. The number of aliphatic imine (C=N–C) groups is 2. The van der Waals surface area contributed by atoms with Gasteiger partial charge in [-0.1, -0.05) is 159 Å². The first-order valence-electron chi connectivity index (χ1n) is 34.2. The molecule has 12 aromatic rings. The number of hydrogen-bond donors (Lipinski definition) is 0. The largest absolute Gasteiger partial charge is 0.260 e. The van der Waals surface area contributed by atoms with Gasteiger partial charge in [-0.25, -0.2) is 29.4 Å². The van der Waals surface area contributed by atoms with Crippen LogP contribution in [0.1, 0.15) is 237 Å². The highest BCUT2D eigenvalue weighted by Gasteiger charge is 2.18. The molecular formula is C82H95N13S2. The van der Waals surface area contributed by atoms with Crippen LogP contribution < -0.4 is 0 Å². The molecule has 16 rings (SSSR count). The van der Waals surface area contributed by atoms with Crippen LogP contribution >= 0.6 is 22.7 Å². The van der Waals surface area contributed by atoms with E-state index in [4.69, 9.17) is 0 Å². The molecule has 11 aromatic heterocycles. The zero-order valence-electron chi connectivity index (χ0n) is 59.5. The molecule has 4 aliphatic rings. The van der Waals surface area contributed by atoms with Crippen molar-refractivity contribution in [2.45, 2.75) is 184 Å². The summed E-state index contributed by atoms with van der Waals surface area (Å²) in [6.45, 7) is 35.0. The number of aromatic nitrogens is 11. The molecule has 0 atom stereocenters. The van der Waals surface area contributed by atoms with Crippen molar-refractivity contribution in [2.75, 3.05) is 0 Å². The van der Waals surface area contributed by atoms with Gasteiger partial charge >= 0.3 is 0 Å². The molecule has 500 valence electrons. The maximum atomic E-state index is 4.34. The minimum atomic E-state index is 0.428. The monoisotopic (exact) mass is 1330 g/mol. The Morgan fingerprint density at radius 2 is 0.887 bits per heavy atom. The summed E-state index contributed by atoms with van der Waals surface area (Å²) in [6, 6.07) is 29.2. The van der Waals surface area contributed by atoms with Gasteiger partial charge in [0, 0.05) is 97.2 Å². The zero-order valence-corrected chi connectivity index (χ0v) is 61.1. The van der Waals surface area contributed by atoms with Gasteiger partial charge in [-0.05, 0) is 152 Å². The molecule has 13 nitrogen and oxygen atoms in total. The third-order valence-electron chi connectivity index (χ3n) is 17.0. The molecule has 0 N–H and O–H groups in total. The van der Waals surface area contributed by atoms with Crippen LogP contribution in [0.5, 0.6) is 0 Å². The van der Waals surface area contributed by atoms with Crippen LogP contribution in [0.4, 0.5) is 11.4 Å². The fourth-order valence-corrected chi connectivity index (χ4v) is 13.6. The van der Waals surface area contributed by atoms with Gasteiger partial charge in [0.1, 0.15) is 23.2 Å². The number of allylic oxidation sites excluding steroid dienone is 2. The molecule has 0 radical (unpaired) electrons. The lowest BCUT2D eigenvalue weighted by molar-refractivity contribution is 0.804. The Kier molecular flexibility index (Phi) is 25.8. The molecule has 2 aliphatic heterocycles. The molecule has 0 saturated heterocycles. The normalized spacial score (nSPS) is 12.5. The van der Waals surface area contributed by atoms with E-state index in [1.807, 2.05) is 78.5 Å². The average Bonchev–Trinajstić information content (AvgIpc) is 1.94. The minimum Gasteiger partial charge on any atom is -0.260 e. The second kappa shape index (κ2) is 34.7. The van der Waals surface area contributed by atoms with Gasteiger partial charge < -0.3 is 0 Å². The smallest absolute Gasteiger partial charge is 0.123 e. The van der Waals surface area contributed by atoms with Gasteiger partial charge in [0.25, 0.3) is 0 Å². The van der Waals surface area contributed by atoms with E-state index in [-0.39, 0.29) is 0 Å². The Hall–Kier alpha value is -9.18. The van der Waals surface area contributed by atoms with Crippen LogP contribution in [0, 0.1) is 0 Å². The third kappa shape index (κ3) is 18.5. The first-order valence-corrected chi connectivity index (χ1v) is 36.0. The molecular weight excluding hydrogens is 1230 g/mol. The highest BCUT2D eigenvalue weighted by Crippen LogP contribution is 2.34. The lowest BCUT2D eigenvalue weighted by Crippen LogP contribution is -2.00. The van der Waals surface area contributed by atoms with E-state index in [1.165, 1.54) is 82.6 Å². The van der Waals surface area contributed by atoms with Crippen LogP contribution in [0.2, 0.25) is 0 Å². The highest BCUT2D eigenvalue weighted by molar-refractivity contribution is 7.17. The van der Waals surface area contributed by atoms with Crippen LogP contribution in [0.15, 0.2) is 174 Å². The Morgan fingerprint density at radius 1 is 0.371 bits per heavy atom. The molecule has 0 unspecified atom stereocenters. The first kappa shape index (κ1) is 72.1. The quantitative estimate of drug-likeness (QED) is 0.143. The lowest BCUT2D eigenvalue weighted by atomic mass is 9.98. The average molecular weight is 1330 g/mol. The summed E-state index contributed by atoms with van der Waals surface area (Å²) < 4.78 is 3.25. The summed E-state index contributed by atoms with van der Waals surface area (Å²) in [5.41, 5.74) is 23.2. The molecule has 0 saturated carbocycles. The van der Waals surface area contributed by atoms with Gasteiger partial charge in [0.05, 0.1) is 67.3 Å². The second-order valence-corrected chi connectivity index (χ2v) is 28.5. The molecule has 0 fully saturated rings. The summed E-state index contributed by atoms with van der Waals surface area (Å²) in [4.78, 5) is 48.2. The lowest BCUT2D eigenvalue weighted by Gasteiger charge is -2.09. The Balaban J connectivity index is 0.000000130. The van der Waals surface area contributed by atoms with E-state index in [0.29, 0.717) is 47.3 Å². The zero-order chi connectivity index (χ0) is 69.1. The van der Waals surface area contributed by atoms with Crippen LogP contribution in [0.25, 0.3) is 49.0 Å². The van der Waals surface area contributed by atoms with E-state index in [9.17, 15) is 0 Å². The number of thiophene rings is 2. The Labute approximate surface area is 582 Å². The van der Waals surface area contributed by atoms with Crippen molar-refractivity contribution in [3.63, 3.8) is 0 Å². The van der Waals surface area contributed by atoms with E-state index in [0.717, 1.165) is 70.0 Å².